The molecule has 204 valence electrons. The number of benzene rings is 2. The highest BCUT2D eigenvalue weighted by Crippen LogP contribution is 2.32. The van der Waals surface area contributed by atoms with Crippen molar-refractivity contribution in [3.05, 3.63) is 72.1 Å². The van der Waals surface area contributed by atoms with Gasteiger partial charge in [-0.25, -0.2) is 18.1 Å². The number of nitrogens with one attached hydrogen (secondary N) is 1. The first-order valence-corrected chi connectivity index (χ1v) is 14.3. The molecule has 1 saturated heterocycles. The standard InChI is InChI=1S/C28H32N6O4S/c1-19-6-4-7-20(2)27(19)25-16-26(31-28(30-25)32-39(36,37)24-17-29-33(3)18-24)38-23-11-9-21(10-12-23)34-14-5-8-22(35)13-15-34/h4,6-7,9-12,16-18,22,35H,5,8,13-15H2,1-3H3,(H,30,31,32). The van der Waals surface area contributed by atoms with E-state index in [9.17, 15) is 13.5 Å². The zero-order valence-electron chi connectivity index (χ0n) is 22.2. The Morgan fingerprint density at radius 1 is 1.03 bits per heavy atom. The number of ether oxygens (including phenoxy) is 1. The Bertz CT molecular complexity index is 1550. The molecular weight excluding hydrogens is 516 g/mol. The number of hydrogen-bond donors (Lipinski definition) is 2. The van der Waals surface area contributed by atoms with Gasteiger partial charge >= 0.3 is 0 Å². The molecule has 2 N–H and O–H groups in total. The van der Waals surface area contributed by atoms with E-state index in [-0.39, 0.29) is 22.8 Å². The highest BCUT2D eigenvalue weighted by Gasteiger charge is 2.21. The molecule has 1 unspecified atom stereocenters. The van der Waals surface area contributed by atoms with Crippen LogP contribution in [0.5, 0.6) is 11.6 Å². The van der Waals surface area contributed by atoms with Crippen molar-refractivity contribution in [2.45, 2.75) is 44.1 Å². The van der Waals surface area contributed by atoms with Crippen LogP contribution < -0.4 is 14.4 Å². The smallest absolute Gasteiger partial charge is 0.267 e. The van der Waals surface area contributed by atoms with Gasteiger partial charge in [0.05, 0.1) is 18.0 Å². The number of hydrogen-bond acceptors (Lipinski definition) is 8. The van der Waals surface area contributed by atoms with Crippen LogP contribution in [0.15, 0.2) is 65.8 Å². The van der Waals surface area contributed by atoms with Crippen LogP contribution in [0.2, 0.25) is 0 Å². The lowest BCUT2D eigenvalue weighted by Crippen LogP contribution is -2.24. The average Bonchev–Trinajstić information content (AvgIpc) is 3.22. The van der Waals surface area contributed by atoms with Crippen molar-refractivity contribution in [3.63, 3.8) is 0 Å². The van der Waals surface area contributed by atoms with Gasteiger partial charge in [-0.1, -0.05) is 18.2 Å². The molecule has 39 heavy (non-hydrogen) atoms. The average molecular weight is 549 g/mol. The van der Waals surface area contributed by atoms with E-state index < -0.39 is 10.0 Å². The van der Waals surface area contributed by atoms with Gasteiger partial charge in [-0.2, -0.15) is 10.1 Å². The van der Waals surface area contributed by atoms with Crippen molar-refractivity contribution in [2.75, 3.05) is 22.7 Å². The molecule has 2 aromatic carbocycles. The van der Waals surface area contributed by atoms with E-state index in [1.807, 2.05) is 56.3 Å². The van der Waals surface area contributed by atoms with Crippen molar-refractivity contribution >= 4 is 21.7 Å². The zero-order chi connectivity index (χ0) is 27.6. The molecule has 3 heterocycles. The summed E-state index contributed by atoms with van der Waals surface area (Å²) >= 11 is 0. The second-order valence-corrected chi connectivity index (χ2v) is 11.5. The van der Waals surface area contributed by atoms with Gasteiger partial charge in [0.2, 0.25) is 11.8 Å². The summed E-state index contributed by atoms with van der Waals surface area (Å²) < 4.78 is 36.0. The predicted molar refractivity (Wildman–Crippen MR) is 150 cm³/mol. The Balaban J connectivity index is 1.46. The Labute approximate surface area is 228 Å². The topological polar surface area (TPSA) is 122 Å². The highest BCUT2D eigenvalue weighted by atomic mass is 32.2. The third-order valence-electron chi connectivity index (χ3n) is 6.78. The molecule has 1 aliphatic heterocycles. The maximum atomic E-state index is 13.0. The Morgan fingerprint density at radius 2 is 1.77 bits per heavy atom. The van der Waals surface area contributed by atoms with Crippen molar-refractivity contribution < 1.29 is 18.3 Å². The summed E-state index contributed by atoms with van der Waals surface area (Å²) in [5.41, 5.74) is 4.46. The molecule has 1 atom stereocenters. The van der Waals surface area contributed by atoms with Crippen LogP contribution >= 0.6 is 0 Å². The molecular formula is C28H32N6O4S. The van der Waals surface area contributed by atoms with E-state index in [1.54, 1.807) is 13.1 Å². The summed E-state index contributed by atoms with van der Waals surface area (Å²) in [6.45, 7) is 5.64. The second-order valence-electron chi connectivity index (χ2n) is 9.80. The van der Waals surface area contributed by atoms with Crippen LogP contribution in [-0.4, -0.2) is 52.5 Å². The van der Waals surface area contributed by atoms with Gasteiger partial charge in [-0.05, 0) is 68.5 Å². The molecule has 1 fully saturated rings. The summed E-state index contributed by atoms with van der Waals surface area (Å²) in [5.74, 6) is 0.659. The van der Waals surface area contributed by atoms with Crippen LogP contribution in [0.25, 0.3) is 11.3 Å². The van der Waals surface area contributed by atoms with Gasteiger partial charge in [-0.15, -0.1) is 0 Å². The number of aryl methyl sites for hydroxylation is 3. The molecule has 0 radical (unpaired) electrons. The van der Waals surface area contributed by atoms with E-state index in [2.05, 4.69) is 24.7 Å². The summed E-state index contributed by atoms with van der Waals surface area (Å²) in [4.78, 5) is 11.2. The fourth-order valence-corrected chi connectivity index (χ4v) is 5.70. The first-order valence-electron chi connectivity index (χ1n) is 12.9. The van der Waals surface area contributed by atoms with E-state index in [4.69, 9.17) is 4.74 Å². The van der Waals surface area contributed by atoms with Crippen molar-refractivity contribution in [2.24, 2.45) is 7.05 Å². The Morgan fingerprint density at radius 3 is 2.46 bits per heavy atom. The second kappa shape index (κ2) is 11.0. The molecule has 0 amide bonds. The molecule has 4 aromatic rings. The maximum absolute atomic E-state index is 13.0. The fourth-order valence-electron chi connectivity index (χ4n) is 4.77. The van der Waals surface area contributed by atoms with Crippen molar-refractivity contribution in [1.82, 2.24) is 19.7 Å². The highest BCUT2D eigenvalue weighted by molar-refractivity contribution is 7.92. The van der Waals surface area contributed by atoms with Crippen LogP contribution in [0.1, 0.15) is 30.4 Å². The van der Waals surface area contributed by atoms with Crippen LogP contribution in [0, 0.1) is 13.8 Å². The largest absolute Gasteiger partial charge is 0.439 e. The predicted octanol–water partition coefficient (Wildman–Crippen LogP) is 4.44. The van der Waals surface area contributed by atoms with Gasteiger partial charge in [-0.3, -0.25) is 4.68 Å². The molecule has 2 aromatic heterocycles. The number of aliphatic hydroxyl groups excluding tert-OH is 1. The summed E-state index contributed by atoms with van der Waals surface area (Å²) in [6, 6.07) is 15.3. The van der Waals surface area contributed by atoms with E-state index in [1.165, 1.54) is 17.1 Å². The quantitative estimate of drug-likeness (QED) is 0.348. The number of sulfonamides is 1. The van der Waals surface area contributed by atoms with E-state index in [0.29, 0.717) is 11.4 Å². The van der Waals surface area contributed by atoms with Gasteiger partial charge < -0.3 is 14.7 Å². The fraction of sp³-hybridized carbons (Fsp3) is 0.321. The third kappa shape index (κ3) is 6.21. The monoisotopic (exact) mass is 548 g/mol. The Hall–Kier alpha value is -3.96. The SMILES string of the molecule is Cc1cccc(C)c1-c1cc(Oc2ccc(N3CCCC(O)CC3)cc2)nc(NS(=O)(=O)c2cnn(C)c2)n1. The number of anilines is 2. The Kier molecular flexibility index (Phi) is 7.53. The minimum Gasteiger partial charge on any atom is -0.439 e. The van der Waals surface area contributed by atoms with Gasteiger partial charge in [0.15, 0.2) is 0 Å². The van der Waals surface area contributed by atoms with E-state index >= 15 is 0 Å². The number of aliphatic hydroxyl groups is 1. The van der Waals surface area contributed by atoms with Crippen LogP contribution in [0.4, 0.5) is 11.6 Å². The molecule has 0 saturated carbocycles. The van der Waals surface area contributed by atoms with E-state index in [0.717, 1.165) is 54.7 Å². The molecule has 0 bridgehead atoms. The maximum Gasteiger partial charge on any atom is 0.267 e. The van der Waals surface area contributed by atoms with Gasteiger partial charge in [0.1, 0.15) is 10.6 Å². The lowest BCUT2D eigenvalue weighted by Gasteiger charge is -2.22. The number of nitrogens with zero attached hydrogens (tertiary/aromatic N) is 5. The van der Waals surface area contributed by atoms with Gasteiger partial charge in [0, 0.05) is 43.7 Å². The van der Waals surface area contributed by atoms with Crippen LogP contribution in [0.3, 0.4) is 0 Å². The summed E-state index contributed by atoms with van der Waals surface area (Å²) in [7, 11) is -2.32. The lowest BCUT2D eigenvalue weighted by molar-refractivity contribution is 0.161. The summed E-state index contributed by atoms with van der Waals surface area (Å²) in [5, 5.41) is 13.9. The zero-order valence-corrected chi connectivity index (χ0v) is 23.0. The molecule has 5 rings (SSSR count). The lowest BCUT2D eigenvalue weighted by atomic mass is 10.00. The molecule has 1 aliphatic rings. The number of aromatic nitrogens is 4. The van der Waals surface area contributed by atoms with Crippen molar-refractivity contribution in [1.29, 1.82) is 0 Å². The molecule has 0 spiro atoms. The normalized spacial score (nSPS) is 16.1. The third-order valence-corrected chi connectivity index (χ3v) is 8.06. The molecule has 11 heteroatoms. The number of rotatable bonds is 7. The minimum absolute atomic E-state index is 0.00478. The molecule has 10 nitrogen and oxygen atoms in total. The first-order chi connectivity index (χ1) is 18.7. The van der Waals surface area contributed by atoms with Crippen LogP contribution in [-0.2, 0) is 17.1 Å². The van der Waals surface area contributed by atoms with Gasteiger partial charge in [0.25, 0.3) is 10.0 Å². The minimum atomic E-state index is -3.96. The summed E-state index contributed by atoms with van der Waals surface area (Å²) in [6.07, 6.45) is 4.94. The first kappa shape index (κ1) is 26.6. The molecule has 0 aliphatic carbocycles. The van der Waals surface area contributed by atoms with Crippen molar-refractivity contribution in [3.8, 4) is 22.9 Å².